The Morgan fingerprint density at radius 3 is 2.62 bits per heavy atom. The number of nitrogens with zero attached hydrogens (tertiary/aromatic N) is 6. The predicted octanol–water partition coefficient (Wildman–Crippen LogP) is 1.89. The largest absolute Gasteiger partial charge is 0.357 e. The Morgan fingerprint density at radius 1 is 1.21 bits per heavy atom. The average Bonchev–Trinajstić information content (AvgIpc) is 3.21. The second kappa shape index (κ2) is 10.4. The van der Waals surface area contributed by atoms with E-state index in [-0.39, 0.29) is 24.0 Å². The minimum Gasteiger partial charge on any atom is -0.357 e. The van der Waals surface area contributed by atoms with Crippen molar-refractivity contribution >= 4 is 29.9 Å². The van der Waals surface area contributed by atoms with Gasteiger partial charge in [-0.15, -0.1) is 24.0 Å². The molecule has 0 saturated carbocycles. The van der Waals surface area contributed by atoms with E-state index in [4.69, 9.17) is 4.99 Å². The molecular formula is C21H32IN7. The highest BCUT2D eigenvalue weighted by Crippen LogP contribution is 2.16. The van der Waals surface area contributed by atoms with Gasteiger partial charge >= 0.3 is 0 Å². The third kappa shape index (κ3) is 5.49. The Morgan fingerprint density at radius 2 is 1.97 bits per heavy atom. The van der Waals surface area contributed by atoms with Crippen molar-refractivity contribution in [1.82, 2.24) is 29.8 Å². The number of aromatic nitrogens is 2. The van der Waals surface area contributed by atoms with Gasteiger partial charge in [0, 0.05) is 70.7 Å². The van der Waals surface area contributed by atoms with Gasteiger partial charge in [-0.25, -0.2) is 4.68 Å². The number of piperazine rings is 3. The lowest BCUT2D eigenvalue weighted by atomic mass is 10.1. The molecule has 1 aromatic carbocycles. The quantitative estimate of drug-likeness (QED) is 0.366. The van der Waals surface area contributed by atoms with E-state index in [9.17, 15) is 0 Å². The summed E-state index contributed by atoms with van der Waals surface area (Å²) >= 11 is 0. The number of aliphatic imine (C=N–C) groups is 1. The van der Waals surface area contributed by atoms with Gasteiger partial charge in [-0.2, -0.15) is 5.10 Å². The molecule has 158 valence electrons. The number of rotatable bonds is 6. The van der Waals surface area contributed by atoms with Crippen LogP contribution in [0.1, 0.15) is 12.5 Å². The zero-order chi connectivity index (χ0) is 19.3. The molecule has 1 aromatic heterocycles. The SMILES string of the molecule is CCNC(=NCC1CN2CCN1CC2)N(C)Cc1cnn(-c2ccccc2)c1.I. The van der Waals surface area contributed by atoms with Crippen molar-refractivity contribution in [2.24, 2.45) is 4.99 Å². The van der Waals surface area contributed by atoms with E-state index in [1.807, 2.05) is 29.1 Å². The molecule has 4 heterocycles. The van der Waals surface area contributed by atoms with Crippen LogP contribution in [0, 0.1) is 0 Å². The highest BCUT2D eigenvalue weighted by Gasteiger charge is 2.31. The molecule has 7 nitrogen and oxygen atoms in total. The number of fused-ring (bicyclic) bond motifs is 3. The van der Waals surface area contributed by atoms with Crippen LogP contribution in [0.5, 0.6) is 0 Å². The smallest absolute Gasteiger partial charge is 0.194 e. The topological polar surface area (TPSA) is 51.9 Å². The molecule has 2 bridgehead atoms. The molecule has 3 aliphatic heterocycles. The predicted molar refractivity (Wildman–Crippen MR) is 128 cm³/mol. The molecule has 0 amide bonds. The summed E-state index contributed by atoms with van der Waals surface area (Å²) in [5, 5.41) is 7.95. The highest BCUT2D eigenvalue weighted by atomic mass is 127. The van der Waals surface area contributed by atoms with Gasteiger partial charge in [0.1, 0.15) is 0 Å². The molecular weight excluding hydrogens is 477 g/mol. The van der Waals surface area contributed by atoms with Crippen LogP contribution in [0.25, 0.3) is 5.69 Å². The first-order chi connectivity index (χ1) is 13.7. The summed E-state index contributed by atoms with van der Waals surface area (Å²) in [4.78, 5) is 12.3. The van der Waals surface area contributed by atoms with Gasteiger partial charge in [-0.3, -0.25) is 14.8 Å². The summed E-state index contributed by atoms with van der Waals surface area (Å²) in [5.41, 5.74) is 2.25. The number of benzene rings is 1. The maximum absolute atomic E-state index is 4.95. The van der Waals surface area contributed by atoms with Gasteiger partial charge in [-0.05, 0) is 19.1 Å². The van der Waals surface area contributed by atoms with Crippen LogP contribution in [0.2, 0.25) is 0 Å². The molecule has 5 rings (SSSR count). The molecule has 29 heavy (non-hydrogen) atoms. The number of guanidine groups is 1. The lowest BCUT2D eigenvalue weighted by molar-refractivity contribution is 0.0173. The molecule has 1 unspecified atom stereocenters. The van der Waals surface area contributed by atoms with Crippen LogP contribution in [0.4, 0.5) is 0 Å². The Labute approximate surface area is 190 Å². The maximum Gasteiger partial charge on any atom is 0.194 e. The highest BCUT2D eigenvalue weighted by molar-refractivity contribution is 14.0. The molecule has 2 aromatic rings. The Kier molecular flexibility index (Phi) is 7.91. The molecule has 1 atom stereocenters. The molecule has 3 fully saturated rings. The summed E-state index contributed by atoms with van der Waals surface area (Å²) < 4.78 is 1.92. The lowest BCUT2D eigenvalue weighted by Gasteiger charge is -2.47. The minimum atomic E-state index is 0. The van der Waals surface area contributed by atoms with Crippen LogP contribution >= 0.6 is 24.0 Å². The summed E-state index contributed by atoms with van der Waals surface area (Å²) in [6, 6.07) is 10.8. The van der Waals surface area contributed by atoms with E-state index < -0.39 is 0 Å². The monoisotopic (exact) mass is 509 g/mol. The first kappa shape index (κ1) is 22.0. The molecule has 8 heteroatoms. The zero-order valence-corrected chi connectivity index (χ0v) is 19.7. The molecule has 1 N–H and O–H groups in total. The summed E-state index contributed by atoms with van der Waals surface area (Å²) in [6.45, 7) is 10.6. The number of hydrogen-bond donors (Lipinski definition) is 1. The molecule has 0 spiro atoms. The summed E-state index contributed by atoms with van der Waals surface area (Å²) in [6.07, 6.45) is 4.03. The van der Waals surface area contributed by atoms with Crippen molar-refractivity contribution in [2.75, 3.05) is 52.9 Å². The first-order valence-electron chi connectivity index (χ1n) is 10.3. The van der Waals surface area contributed by atoms with Crippen LogP contribution in [0.15, 0.2) is 47.7 Å². The molecule has 0 aliphatic carbocycles. The molecule has 3 saturated heterocycles. The summed E-state index contributed by atoms with van der Waals surface area (Å²) in [5.74, 6) is 0.965. The average molecular weight is 509 g/mol. The number of para-hydroxylation sites is 1. The van der Waals surface area contributed by atoms with Crippen molar-refractivity contribution in [1.29, 1.82) is 0 Å². The standard InChI is InChI=1S/C21H31N7.HI/c1-3-22-21(23-14-20-17-26-9-11-27(20)12-10-26)25(2)15-18-13-24-28(16-18)19-7-5-4-6-8-19;/h4-8,13,16,20H,3,9-12,14-15,17H2,1-2H3,(H,22,23);1H. The Hall–Kier alpha value is -1.65. The van der Waals surface area contributed by atoms with Gasteiger partial charge in [-0.1, -0.05) is 18.2 Å². The van der Waals surface area contributed by atoms with E-state index in [0.29, 0.717) is 6.04 Å². The fourth-order valence-corrected chi connectivity index (χ4v) is 4.07. The maximum atomic E-state index is 4.95. The van der Waals surface area contributed by atoms with Gasteiger partial charge in [0.05, 0.1) is 18.4 Å². The lowest BCUT2D eigenvalue weighted by Crippen LogP contribution is -2.62. The van der Waals surface area contributed by atoms with E-state index >= 15 is 0 Å². The van der Waals surface area contributed by atoms with E-state index in [1.54, 1.807) is 0 Å². The van der Waals surface area contributed by atoms with Crippen molar-refractivity contribution in [3.05, 3.63) is 48.3 Å². The second-order valence-electron chi connectivity index (χ2n) is 7.67. The molecule has 3 aliphatic rings. The molecule has 0 radical (unpaired) electrons. The Balaban J connectivity index is 0.00000240. The summed E-state index contributed by atoms with van der Waals surface area (Å²) in [7, 11) is 2.10. The first-order valence-corrected chi connectivity index (χ1v) is 10.3. The number of halogens is 1. The van der Waals surface area contributed by atoms with E-state index in [2.05, 4.69) is 57.4 Å². The zero-order valence-electron chi connectivity index (χ0n) is 17.4. The van der Waals surface area contributed by atoms with Crippen LogP contribution in [0.3, 0.4) is 0 Å². The normalized spacial score (nSPS) is 23.5. The van der Waals surface area contributed by atoms with Crippen LogP contribution in [-0.2, 0) is 6.54 Å². The van der Waals surface area contributed by atoms with Crippen LogP contribution in [-0.4, -0.2) is 89.3 Å². The fourth-order valence-electron chi connectivity index (χ4n) is 4.07. The van der Waals surface area contributed by atoms with Crippen molar-refractivity contribution < 1.29 is 0 Å². The van der Waals surface area contributed by atoms with Gasteiger partial charge < -0.3 is 10.2 Å². The third-order valence-corrected chi connectivity index (χ3v) is 5.62. The van der Waals surface area contributed by atoms with E-state index in [1.165, 1.54) is 31.7 Å². The van der Waals surface area contributed by atoms with E-state index in [0.717, 1.165) is 37.8 Å². The Bertz CT molecular complexity index is 783. The van der Waals surface area contributed by atoms with Crippen molar-refractivity contribution in [3.63, 3.8) is 0 Å². The van der Waals surface area contributed by atoms with Gasteiger partial charge in [0.2, 0.25) is 0 Å². The van der Waals surface area contributed by atoms with Gasteiger partial charge in [0.25, 0.3) is 0 Å². The third-order valence-electron chi connectivity index (χ3n) is 5.62. The van der Waals surface area contributed by atoms with Crippen LogP contribution < -0.4 is 5.32 Å². The minimum absolute atomic E-state index is 0. The second-order valence-corrected chi connectivity index (χ2v) is 7.67. The number of nitrogens with one attached hydrogen (secondary N) is 1. The fraction of sp³-hybridized carbons (Fsp3) is 0.524. The van der Waals surface area contributed by atoms with Crippen molar-refractivity contribution in [3.8, 4) is 5.69 Å². The number of hydrogen-bond acceptors (Lipinski definition) is 4. The van der Waals surface area contributed by atoms with Gasteiger partial charge in [0.15, 0.2) is 5.96 Å². The van der Waals surface area contributed by atoms with Crippen molar-refractivity contribution in [2.45, 2.75) is 19.5 Å².